The van der Waals surface area contributed by atoms with Crippen molar-refractivity contribution in [3.63, 3.8) is 0 Å². The zero-order chi connectivity index (χ0) is 38.3. The molecule has 0 bridgehead atoms. The lowest BCUT2D eigenvalue weighted by atomic mass is 9.79. The van der Waals surface area contributed by atoms with Gasteiger partial charge in [0.25, 0.3) is 5.91 Å². The molecule has 0 spiro atoms. The highest BCUT2D eigenvalue weighted by Gasteiger charge is 2.51. The smallest absolute Gasteiger partial charge is 0.353 e. The fourth-order valence-corrected chi connectivity index (χ4v) is 6.69. The predicted molar refractivity (Wildman–Crippen MR) is 198 cm³/mol. The second-order valence-corrected chi connectivity index (χ2v) is 14.2. The molecule has 0 radical (unpaired) electrons. The summed E-state index contributed by atoms with van der Waals surface area (Å²) in [5, 5.41) is 14.7. The Hall–Kier alpha value is -5.18. The Labute approximate surface area is 311 Å². The Bertz CT molecular complexity index is 2070. The van der Waals surface area contributed by atoms with Crippen LogP contribution < -0.4 is 20.5 Å². The third-order valence-electron chi connectivity index (χ3n) is 9.00. The molecule has 0 aliphatic carbocycles. The minimum absolute atomic E-state index is 0.00866. The molecule has 4 aromatic carbocycles. The molecule has 282 valence electrons. The maximum atomic E-state index is 13.5. The zero-order valence-electron chi connectivity index (χ0n) is 29.7. The molecule has 1 saturated heterocycles. The van der Waals surface area contributed by atoms with Gasteiger partial charge in [-0.05, 0) is 59.2 Å². The van der Waals surface area contributed by atoms with Gasteiger partial charge in [0.05, 0.1) is 20.8 Å². The van der Waals surface area contributed by atoms with Gasteiger partial charge in [0.2, 0.25) is 0 Å². The lowest BCUT2D eigenvalue weighted by Gasteiger charge is -2.40. The number of nitrogens with one attached hydrogen (secondary N) is 1. The fourth-order valence-electron chi connectivity index (χ4n) is 6.25. The Morgan fingerprint density at radius 1 is 0.852 bits per heavy atom. The predicted octanol–water partition coefficient (Wildman–Crippen LogP) is 4.95. The second-order valence-electron chi connectivity index (χ2n) is 12.3. The van der Waals surface area contributed by atoms with Gasteiger partial charge in [-0.3, -0.25) is 13.9 Å². The number of anilines is 1. The molecule has 1 amide bonds. The van der Waals surface area contributed by atoms with Crippen molar-refractivity contribution in [2.45, 2.75) is 30.1 Å². The molecule has 1 aliphatic rings. The van der Waals surface area contributed by atoms with Crippen molar-refractivity contribution >= 4 is 19.3 Å². The first-order valence-corrected chi connectivity index (χ1v) is 18.6. The van der Waals surface area contributed by atoms with Gasteiger partial charge in [-0.15, -0.1) is 0 Å². The third-order valence-corrected chi connectivity index (χ3v) is 10.1. The molecule has 1 aromatic heterocycles. The van der Waals surface area contributed by atoms with E-state index in [0.29, 0.717) is 33.8 Å². The molecule has 3 N–H and O–H groups in total. The van der Waals surface area contributed by atoms with Crippen LogP contribution in [0.5, 0.6) is 11.5 Å². The highest BCUT2D eigenvalue weighted by Crippen LogP contribution is 2.46. The quantitative estimate of drug-likeness (QED) is 0.0969. The molecule has 1 aliphatic heterocycles. The van der Waals surface area contributed by atoms with Gasteiger partial charge < -0.3 is 43.5 Å². The van der Waals surface area contributed by atoms with E-state index < -0.39 is 55.7 Å². The number of methoxy groups -OCH3 is 2. The number of aromatic nitrogens is 2. The molecule has 54 heavy (non-hydrogen) atoms. The maximum Gasteiger partial charge on any atom is 0.353 e. The Balaban J connectivity index is 1.42. The SMILES string of the molecule is COc1ccc(C(O[C@H]2[C@@H](O)[C@H](n3ccc(NC(=O)c4ccccc4)nc3=O)O[C@@H]2COCP(=O)(O)OC)(c2ccccc2)c2ccc(OC)cc2)cc1. The van der Waals surface area contributed by atoms with Crippen LogP contribution in [0, 0.1) is 0 Å². The summed E-state index contributed by atoms with van der Waals surface area (Å²) in [6, 6.07) is 33.7. The summed E-state index contributed by atoms with van der Waals surface area (Å²) < 4.78 is 48.0. The summed E-state index contributed by atoms with van der Waals surface area (Å²) >= 11 is 0. The number of aliphatic hydroxyl groups is 1. The van der Waals surface area contributed by atoms with Gasteiger partial charge in [0.15, 0.2) is 6.23 Å². The highest BCUT2D eigenvalue weighted by molar-refractivity contribution is 7.52. The number of rotatable bonds is 15. The van der Waals surface area contributed by atoms with Crippen LogP contribution in [0.2, 0.25) is 0 Å². The molecule has 5 atom stereocenters. The lowest BCUT2D eigenvalue weighted by molar-refractivity contribution is -0.116. The van der Waals surface area contributed by atoms with Gasteiger partial charge >= 0.3 is 13.3 Å². The van der Waals surface area contributed by atoms with Crippen molar-refractivity contribution in [2.75, 3.05) is 39.6 Å². The molecule has 6 rings (SSSR count). The first-order valence-electron chi connectivity index (χ1n) is 16.9. The van der Waals surface area contributed by atoms with Crippen molar-refractivity contribution in [3.8, 4) is 11.5 Å². The average molecular weight is 758 g/mol. The van der Waals surface area contributed by atoms with Crippen LogP contribution >= 0.6 is 7.60 Å². The maximum absolute atomic E-state index is 13.5. The topological polar surface area (TPSA) is 177 Å². The number of hydrogen-bond acceptors (Lipinski definition) is 11. The van der Waals surface area contributed by atoms with Crippen LogP contribution in [0.4, 0.5) is 5.82 Å². The van der Waals surface area contributed by atoms with Gasteiger partial charge in [0, 0.05) is 18.9 Å². The summed E-state index contributed by atoms with van der Waals surface area (Å²) in [6.07, 6.45) is -4.55. The van der Waals surface area contributed by atoms with Gasteiger partial charge in [-0.1, -0.05) is 72.8 Å². The van der Waals surface area contributed by atoms with E-state index in [1.54, 1.807) is 68.8 Å². The monoisotopic (exact) mass is 757 g/mol. The molecule has 14 nitrogen and oxygen atoms in total. The number of amides is 1. The summed E-state index contributed by atoms with van der Waals surface area (Å²) in [5.74, 6) is 0.737. The molecule has 2 heterocycles. The van der Waals surface area contributed by atoms with E-state index in [1.165, 1.54) is 12.3 Å². The lowest BCUT2D eigenvalue weighted by Crippen LogP contribution is -2.45. The zero-order valence-corrected chi connectivity index (χ0v) is 30.6. The first kappa shape index (κ1) is 38.5. The molecular weight excluding hydrogens is 717 g/mol. The number of nitrogens with zero attached hydrogens (tertiary/aromatic N) is 2. The molecule has 5 aromatic rings. The minimum Gasteiger partial charge on any atom is -0.497 e. The van der Waals surface area contributed by atoms with Gasteiger partial charge in [0.1, 0.15) is 47.6 Å². The van der Waals surface area contributed by atoms with Gasteiger partial charge in [-0.2, -0.15) is 4.98 Å². The van der Waals surface area contributed by atoms with Crippen LogP contribution in [0.3, 0.4) is 0 Å². The number of ether oxygens (including phenoxy) is 5. The van der Waals surface area contributed by atoms with E-state index in [9.17, 15) is 24.2 Å². The van der Waals surface area contributed by atoms with Crippen LogP contribution in [0.15, 0.2) is 126 Å². The highest BCUT2D eigenvalue weighted by atomic mass is 31.2. The third kappa shape index (κ3) is 8.30. The van der Waals surface area contributed by atoms with Crippen LogP contribution in [0.25, 0.3) is 0 Å². The van der Waals surface area contributed by atoms with E-state index in [1.807, 2.05) is 54.6 Å². The number of carbonyl (C=O) groups excluding carboxylic acids is 1. The molecule has 1 unspecified atom stereocenters. The first-order chi connectivity index (χ1) is 26.1. The normalized spacial score (nSPS) is 19.5. The van der Waals surface area contributed by atoms with E-state index in [-0.39, 0.29) is 12.4 Å². The summed E-state index contributed by atoms with van der Waals surface area (Å²) in [4.78, 5) is 40.3. The van der Waals surface area contributed by atoms with E-state index in [2.05, 4.69) is 14.8 Å². The summed E-state index contributed by atoms with van der Waals surface area (Å²) in [7, 11) is 0.120. The number of carbonyl (C=O) groups is 1. The van der Waals surface area contributed by atoms with Crippen molar-refractivity contribution < 1.29 is 47.6 Å². The van der Waals surface area contributed by atoms with E-state index in [4.69, 9.17) is 23.7 Å². The largest absolute Gasteiger partial charge is 0.497 e. The Morgan fingerprint density at radius 3 is 1.94 bits per heavy atom. The van der Waals surface area contributed by atoms with Crippen molar-refractivity contribution in [2.24, 2.45) is 0 Å². The average Bonchev–Trinajstić information content (AvgIpc) is 3.50. The van der Waals surface area contributed by atoms with Gasteiger partial charge in [-0.25, -0.2) is 4.79 Å². The van der Waals surface area contributed by atoms with Crippen molar-refractivity contribution in [1.82, 2.24) is 9.55 Å². The van der Waals surface area contributed by atoms with E-state index in [0.717, 1.165) is 11.7 Å². The van der Waals surface area contributed by atoms with Crippen LogP contribution in [-0.4, -0.2) is 78.1 Å². The molecule has 15 heteroatoms. The number of hydrogen-bond donors (Lipinski definition) is 3. The molecule has 0 saturated carbocycles. The summed E-state index contributed by atoms with van der Waals surface area (Å²) in [6.45, 7) is -0.338. The minimum atomic E-state index is -4.09. The Kier molecular flexibility index (Phi) is 12.0. The number of aliphatic hydroxyl groups excluding tert-OH is 1. The second kappa shape index (κ2) is 16.9. The van der Waals surface area contributed by atoms with Crippen molar-refractivity contribution in [1.29, 1.82) is 0 Å². The van der Waals surface area contributed by atoms with Crippen LogP contribution in [-0.2, 0) is 28.9 Å². The summed E-state index contributed by atoms with van der Waals surface area (Å²) in [5.41, 5.74) is 0.127. The van der Waals surface area contributed by atoms with Crippen molar-refractivity contribution in [3.05, 3.63) is 154 Å². The number of benzene rings is 4. The Morgan fingerprint density at radius 2 is 1.41 bits per heavy atom. The molecular formula is C39H40N3O11P. The standard InChI is InChI=1S/C39H40N3O11P/c1-48-30-18-14-28(15-19-30)39(27-12-8-5-9-13-27,29-16-20-31(49-2)21-17-29)53-35-32(24-51-25-54(46,47)50-3)52-37(34(35)43)42-23-22-33(41-38(42)45)40-36(44)26-10-6-4-7-11-26/h4-23,32,34-35,37,43H,24-25H2,1-3H3,(H,46,47)(H,40,41,44,45)/t32-,34-,35-,37-/m1/s1. The van der Waals surface area contributed by atoms with E-state index >= 15 is 0 Å². The fraction of sp³-hybridized carbons (Fsp3) is 0.256. The van der Waals surface area contributed by atoms with Crippen LogP contribution in [0.1, 0.15) is 33.3 Å². The molecule has 1 fully saturated rings.